The molecule has 0 bridgehead atoms. The van der Waals surface area contributed by atoms with Crippen molar-refractivity contribution in [2.24, 2.45) is 5.16 Å². The molecule has 0 aliphatic rings. The molecule has 0 saturated carbocycles. The molecule has 0 atom stereocenters. The number of hydrogen-bond acceptors (Lipinski definition) is 5. The Balaban J connectivity index is 0.00000361. The molecule has 1 heterocycles. The summed E-state index contributed by atoms with van der Waals surface area (Å²) in [6.07, 6.45) is 4.88. The monoisotopic (exact) mass is 306 g/mol. The molecule has 0 aliphatic carbocycles. The van der Waals surface area contributed by atoms with E-state index in [0.29, 0.717) is 5.82 Å². The number of nitro groups is 1. The Labute approximate surface area is 123 Å². The number of aromatic nitrogens is 2. The van der Waals surface area contributed by atoms with E-state index in [4.69, 9.17) is 9.94 Å². The first kappa shape index (κ1) is 18.3. The van der Waals surface area contributed by atoms with Gasteiger partial charge in [0.1, 0.15) is 19.0 Å². The normalized spacial score (nSPS) is 11.6. The summed E-state index contributed by atoms with van der Waals surface area (Å²) >= 11 is 0. The van der Waals surface area contributed by atoms with Gasteiger partial charge in [0.25, 0.3) is 0 Å². The third kappa shape index (κ3) is 4.46. The zero-order valence-corrected chi connectivity index (χ0v) is 12.4. The highest BCUT2D eigenvalue weighted by Crippen LogP contribution is 2.07. The molecular weight excluding hydrogens is 288 g/mol. The summed E-state index contributed by atoms with van der Waals surface area (Å²) in [6.45, 7) is 5.84. The lowest BCUT2D eigenvalue weighted by molar-refractivity contribution is -0.735. The van der Waals surface area contributed by atoms with E-state index in [1.807, 2.05) is 17.7 Å². The van der Waals surface area contributed by atoms with E-state index in [1.165, 1.54) is 20.1 Å². The molecule has 0 spiro atoms. The van der Waals surface area contributed by atoms with E-state index in [1.54, 1.807) is 10.8 Å². The Bertz CT molecular complexity index is 473. The van der Waals surface area contributed by atoms with Gasteiger partial charge in [0, 0.05) is 18.8 Å². The van der Waals surface area contributed by atoms with Gasteiger partial charge in [-0.15, -0.1) is 0 Å². The Morgan fingerprint density at radius 1 is 1.65 bits per heavy atom. The van der Waals surface area contributed by atoms with Crippen LogP contribution in [0.5, 0.6) is 0 Å². The smallest absolute Gasteiger partial charge is 0.305 e. The SMILES string of the molecule is CCn1cc[n+](COCC(C)(C)[N+](=O)[O-])c1/C=N/O.[Cl-]. The first-order valence-corrected chi connectivity index (χ1v) is 5.90. The summed E-state index contributed by atoms with van der Waals surface area (Å²) < 4.78 is 8.93. The molecule has 0 radical (unpaired) electrons. The molecule has 1 N–H and O–H groups in total. The van der Waals surface area contributed by atoms with Crippen LogP contribution in [0.1, 0.15) is 26.6 Å². The van der Waals surface area contributed by atoms with Crippen molar-refractivity contribution >= 4 is 6.21 Å². The van der Waals surface area contributed by atoms with Crippen LogP contribution in [0, 0.1) is 10.1 Å². The largest absolute Gasteiger partial charge is 1.00 e. The maximum atomic E-state index is 10.7. The minimum atomic E-state index is -1.13. The number of hydrogen-bond donors (Lipinski definition) is 1. The molecule has 0 aliphatic heterocycles. The van der Waals surface area contributed by atoms with E-state index >= 15 is 0 Å². The van der Waals surface area contributed by atoms with Crippen molar-refractivity contribution in [3.8, 4) is 0 Å². The second-order valence-electron chi connectivity index (χ2n) is 4.70. The zero-order valence-electron chi connectivity index (χ0n) is 11.7. The number of rotatable bonds is 7. The second kappa shape index (κ2) is 7.81. The average Bonchev–Trinajstić information content (AvgIpc) is 2.72. The molecule has 1 aromatic heterocycles. The third-order valence-electron chi connectivity index (χ3n) is 2.71. The van der Waals surface area contributed by atoms with E-state index in [2.05, 4.69) is 5.16 Å². The minimum absolute atomic E-state index is 0. The lowest BCUT2D eigenvalue weighted by atomic mass is 10.1. The van der Waals surface area contributed by atoms with Crippen molar-refractivity contribution < 1.29 is 31.8 Å². The zero-order chi connectivity index (χ0) is 14.5. The van der Waals surface area contributed by atoms with E-state index in [-0.39, 0.29) is 30.7 Å². The molecule has 0 unspecified atom stereocenters. The Morgan fingerprint density at radius 3 is 2.80 bits per heavy atom. The first-order valence-electron chi connectivity index (χ1n) is 5.90. The van der Waals surface area contributed by atoms with Crippen LogP contribution in [0.15, 0.2) is 17.5 Å². The molecule has 114 valence electrons. The van der Waals surface area contributed by atoms with Crippen LogP contribution < -0.4 is 17.0 Å². The van der Waals surface area contributed by atoms with E-state index in [9.17, 15) is 10.1 Å². The summed E-state index contributed by atoms with van der Waals surface area (Å²) in [5, 5.41) is 22.4. The van der Waals surface area contributed by atoms with Crippen molar-refractivity contribution in [2.75, 3.05) is 6.61 Å². The predicted molar refractivity (Wildman–Crippen MR) is 66.7 cm³/mol. The quantitative estimate of drug-likeness (QED) is 0.200. The minimum Gasteiger partial charge on any atom is -1.00 e. The molecule has 0 amide bonds. The van der Waals surface area contributed by atoms with Crippen molar-refractivity contribution in [3.63, 3.8) is 0 Å². The molecule has 0 fully saturated rings. The second-order valence-corrected chi connectivity index (χ2v) is 4.70. The van der Waals surface area contributed by atoms with Crippen LogP contribution >= 0.6 is 0 Å². The predicted octanol–water partition coefficient (Wildman–Crippen LogP) is -2.36. The third-order valence-corrected chi connectivity index (χ3v) is 2.71. The van der Waals surface area contributed by atoms with Gasteiger partial charge < -0.3 is 22.4 Å². The van der Waals surface area contributed by atoms with Crippen LogP contribution in [0.2, 0.25) is 0 Å². The number of imidazole rings is 1. The van der Waals surface area contributed by atoms with Crippen LogP contribution in [0.3, 0.4) is 0 Å². The van der Waals surface area contributed by atoms with Crippen molar-refractivity contribution in [2.45, 2.75) is 39.6 Å². The van der Waals surface area contributed by atoms with Crippen LogP contribution in [-0.2, 0) is 18.0 Å². The topological polar surface area (TPSA) is 93.8 Å². The van der Waals surface area contributed by atoms with Gasteiger partial charge in [-0.3, -0.25) is 10.1 Å². The van der Waals surface area contributed by atoms with E-state index < -0.39 is 5.54 Å². The molecule has 20 heavy (non-hydrogen) atoms. The van der Waals surface area contributed by atoms with Crippen LogP contribution in [-0.4, -0.2) is 33.1 Å². The Kier molecular flexibility index (Phi) is 7.16. The maximum Gasteiger partial charge on any atom is 0.305 e. The number of halogens is 1. The van der Waals surface area contributed by atoms with Gasteiger partial charge in [0.05, 0.1) is 6.54 Å². The Hall–Kier alpha value is -1.67. The van der Waals surface area contributed by atoms with Crippen molar-refractivity contribution in [1.82, 2.24) is 4.57 Å². The van der Waals surface area contributed by atoms with Crippen molar-refractivity contribution in [3.05, 3.63) is 28.3 Å². The summed E-state index contributed by atoms with van der Waals surface area (Å²) in [4.78, 5) is 10.4. The van der Waals surface area contributed by atoms with Gasteiger partial charge >= 0.3 is 5.82 Å². The van der Waals surface area contributed by atoms with Crippen molar-refractivity contribution in [1.29, 1.82) is 0 Å². The number of oxime groups is 1. The molecular formula is C11H19ClN4O4. The lowest BCUT2D eigenvalue weighted by Gasteiger charge is -2.14. The molecule has 0 aromatic carbocycles. The lowest BCUT2D eigenvalue weighted by Crippen LogP contribution is -3.00. The molecule has 1 aromatic rings. The van der Waals surface area contributed by atoms with Gasteiger partial charge in [0.2, 0.25) is 5.54 Å². The number of aryl methyl sites for hydroxylation is 1. The summed E-state index contributed by atoms with van der Waals surface area (Å²) in [6, 6.07) is 0. The number of ether oxygens (including phenoxy) is 1. The fourth-order valence-electron chi connectivity index (χ4n) is 1.50. The molecule has 1 rings (SSSR count). The average molecular weight is 307 g/mol. The van der Waals surface area contributed by atoms with Gasteiger partial charge in [-0.05, 0) is 6.92 Å². The Morgan fingerprint density at radius 2 is 2.30 bits per heavy atom. The maximum absolute atomic E-state index is 10.7. The van der Waals surface area contributed by atoms with Gasteiger partial charge in [0.15, 0.2) is 12.9 Å². The highest BCUT2D eigenvalue weighted by molar-refractivity contribution is 5.72. The highest BCUT2D eigenvalue weighted by atomic mass is 35.5. The summed E-state index contributed by atoms with van der Waals surface area (Å²) in [7, 11) is 0. The molecule has 0 saturated heterocycles. The van der Waals surface area contributed by atoms with Crippen LogP contribution in [0.25, 0.3) is 0 Å². The first-order chi connectivity index (χ1) is 8.92. The summed E-state index contributed by atoms with van der Waals surface area (Å²) in [5.41, 5.74) is -1.13. The van der Waals surface area contributed by atoms with Gasteiger partial charge in [-0.2, -0.15) is 0 Å². The van der Waals surface area contributed by atoms with E-state index in [0.717, 1.165) is 6.54 Å². The fraction of sp³-hybridized carbons (Fsp3) is 0.636. The highest BCUT2D eigenvalue weighted by Gasteiger charge is 2.31. The molecule has 9 heteroatoms. The summed E-state index contributed by atoms with van der Waals surface area (Å²) in [5.74, 6) is 0.656. The van der Waals surface area contributed by atoms with Gasteiger partial charge in [-0.25, -0.2) is 9.13 Å². The fourth-order valence-corrected chi connectivity index (χ4v) is 1.50. The number of nitrogens with zero attached hydrogens (tertiary/aromatic N) is 4. The van der Waals surface area contributed by atoms with Gasteiger partial charge in [-0.1, -0.05) is 5.16 Å². The molecule has 8 nitrogen and oxygen atoms in total. The standard InChI is InChI=1S/C11H18N4O4.ClH/c1-4-13-5-6-14(10(13)7-12-16)9-19-8-11(2,3)15(17)18;/h5-7H,4,8-9H2,1-3H3;1H. The van der Waals surface area contributed by atoms with Crippen LogP contribution in [0.4, 0.5) is 0 Å².